The summed E-state index contributed by atoms with van der Waals surface area (Å²) < 4.78 is 7.06. The molecule has 132 valence electrons. The van der Waals surface area contributed by atoms with E-state index in [0.717, 1.165) is 5.56 Å². The molecule has 1 aromatic heterocycles. The third-order valence-corrected chi connectivity index (χ3v) is 4.38. The highest BCUT2D eigenvalue weighted by atomic mass is 35.5. The van der Waals surface area contributed by atoms with E-state index in [1.54, 1.807) is 12.1 Å². The molecule has 0 aliphatic carbocycles. The Morgan fingerprint density at radius 2 is 2.04 bits per heavy atom. The molecule has 1 aliphatic heterocycles. The first-order valence-electron chi connectivity index (χ1n) is 7.59. The average Bonchev–Trinajstić information content (AvgIpc) is 3.09. The number of hydrogen-bond donors (Lipinski definition) is 3. The average molecular weight is 365 g/mol. The highest BCUT2D eigenvalue weighted by Gasteiger charge is 2.43. The number of aliphatic hydroxyl groups excluding tert-OH is 2. The molecule has 2 heterocycles. The van der Waals surface area contributed by atoms with Crippen molar-refractivity contribution in [1.82, 2.24) is 9.55 Å². The fourth-order valence-corrected chi connectivity index (χ4v) is 2.90. The van der Waals surface area contributed by atoms with Gasteiger partial charge in [0.1, 0.15) is 18.0 Å². The second-order valence-electron chi connectivity index (χ2n) is 5.75. The molecule has 10 heteroatoms. The number of nitrogen functional groups attached to an aromatic ring is 1. The van der Waals surface area contributed by atoms with Crippen LogP contribution in [0.15, 0.2) is 35.7 Å². The van der Waals surface area contributed by atoms with Crippen LogP contribution < -0.4 is 5.73 Å². The van der Waals surface area contributed by atoms with Crippen LogP contribution in [-0.2, 0) is 11.2 Å². The molecule has 0 bridgehead atoms. The molecule has 4 N–H and O–H groups in total. The van der Waals surface area contributed by atoms with Crippen molar-refractivity contribution in [2.45, 2.75) is 31.0 Å². The van der Waals surface area contributed by atoms with Gasteiger partial charge in [-0.3, -0.25) is 4.57 Å². The predicted octanol–water partition coefficient (Wildman–Crippen LogP) is 1.64. The summed E-state index contributed by atoms with van der Waals surface area (Å²) in [6.07, 6.45) is -2.16. The standard InChI is InChI=1S/C15H17ClN6O3/c16-9-3-1-8(2-4-9)5-10-14(17)22(7-19-10)15-13(24)12(23)11(25-15)6-20-21-18/h1-4,7,11-13,15,23-24H,5-6,17H2/t11-,12-,13-,15-/m1/s1. The molecule has 1 fully saturated rings. The number of nitrogens with zero attached hydrogens (tertiary/aromatic N) is 5. The van der Waals surface area contributed by atoms with Crippen LogP contribution in [0.2, 0.25) is 5.02 Å². The van der Waals surface area contributed by atoms with Crippen LogP contribution in [-0.4, -0.2) is 44.6 Å². The SMILES string of the molecule is [N-]=[N+]=NC[C@H]1O[C@@H](n2cnc(Cc3ccc(Cl)cc3)c2N)[C@H](O)[C@@H]1O. The zero-order valence-electron chi connectivity index (χ0n) is 13.1. The highest BCUT2D eigenvalue weighted by molar-refractivity contribution is 6.30. The number of rotatable bonds is 5. The Bertz CT molecular complexity index is 789. The molecule has 0 spiro atoms. The van der Waals surface area contributed by atoms with Gasteiger partial charge in [-0.05, 0) is 23.2 Å². The molecule has 1 aliphatic rings. The summed E-state index contributed by atoms with van der Waals surface area (Å²) in [5, 5.41) is 24.3. The van der Waals surface area contributed by atoms with Gasteiger partial charge in [0.2, 0.25) is 0 Å². The first-order valence-corrected chi connectivity index (χ1v) is 7.97. The van der Waals surface area contributed by atoms with E-state index >= 15 is 0 Å². The lowest BCUT2D eigenvalue weighted by Crippen LogP contribution is -2.32. The molecule has 2 aromatic rings. The number of nitrogens with two attached hydrogens (primary N) is 1. The maximum atomic E-state index is 10.2. The van der Waals surface area contributed by atoms with Crippen LogP contribution in [0.4, 0.5) is 5.82 Å². The van der Waals surface area contributed by atoms with E-state index < -0.39 is 24.5 Å². The van der Waals surface area contributed by atoms with Crippen molar-refractivity contribution in [1.29, 1.82) is 0 Å². The third-order valence-electron chi connectivity index (χ3n) is 4.13. The highest BCUT2D eigenvalue weighted by Crippen LogP contribution is 2.32. The van der Waals surface area contributed by atoms with Gasteiger partial charge in [0.25, 0.3) is 0 Å². The minimum atomic E-state index is -1.21. The summed E-state index contributed by atoms with van der Waals surface area (Å²) in [6.45, 7) is -0.0859. The second-order valence-corrected chi connectivity index (χ2v) is 6.18. The Balaban J connectivity index is 1.78. The molecule has 1 aromatic carbocycles. The fraction of sp³-hybridized carbons (Fsp3) is 0.400. The normalized spacial score (nSPS) is 25.7. The van der Waals surface area contributed by atoms with E-state index in [-0.39, 0.29) is 6.54 Å². The molecule has 3 rings (SSSR count). The van der Waals surface area contributed by atoms with Crippen molar-refractivity contribution in [3.05, 3.63) is 57.3 Å². The third kappa shape index (κ3) is 3.55. The van der Waals surface area contributed by atoms with E-state index in [0.29, 0.717) is 23.0 Å². The van der Waals surface area contributed by atoms with E-state index in [9.17, 15) is 10.2 Å². The van der Waals surface area contributed by atoms with Crippen LogP contribution in [0.25, 0.3) is 10.4 Å². The van der Waals surface area contributed by atoms with Gasteiger partial charge in [-0.1, -0.05) is 28.8 Å². The lowest BCUT2D eigenvalue weighted by atomic mass is 10.1. The molecule has 25 heavy (non-hydrogen) atoms. The van der Waals surface area contributed by atoms with E-state index in [1.807, 2.05) is 12.1 Å². The number of benzene rings is 1. The number of hydrogen-bond acceptors (Lipinski definition) is 6. The summed E-state index contributed by atoms with van der Waals surface area (Å²) in [7, 11) is 0. The number of aromatic nitrogens is 2. The smallest absolute Gasteiger partial charge is 0.165 e. The first kappa shape index (κ1) is 17.5. The maximum absolute atomic E-state index is 10.2. The lowest BCUT2D eigenvalue weighted by Gasteiger charge is -2.17. The van der Waals surface area contributed by atoms with Gasteiger partial charge in [0.15, 0.2) is 6.23 Å². The van der Waals surface area contributed by atoms with Crippen molar-refractivity contribution < 1.29 is 14.9 Å². The van der Waals surface area contributed by atoms with Gasteiger partial charge in [-0.25, -0.2) is 4.98 Å². The van der Waals surface area contributed by atoms with Gasteiger partial charge < -0.3 is 20.7 Å². The summed E-state index contributed by atoms with van der Waals surface area (Å²) in [5.41, 5.74) is 16.1. The van der Waals surface area contributed by atoms with Crippen LogP contribution in [0.5, 0.6) is 0 Å². The number of ether oxygens (including phenoxy) is 1. The molecule has 9 nitrogen and oxygen atoms in total. The van der Waals surface area contributed by atoms with Crippen LogP contribution in [0.1, 0.15) is 17.5 Å². The minimum Gasteiger partial charge on any atom is -0.388 e. The quantitative estimate of drug-likeness (QED) is 0.420. The lowest BCUT2D eigenvalue weighted by molar-refractivity contribution is -0.0330. The van der Waals surface area contributed by atoms with Crippen molar-refractivity contribution in [2.24, 2.45) is 5.11 Å². The summed E-state index contributed by atoms with van der Waals surface area (Å²) >= 11 is 5.87. The van der Waals surface area contributed by atoms with Crippen LogP contribution in [0, 0.1) is 0 Å². The van der Waals surface area contributed by atoms with E-state index in [1.165, 1.54) is 10.9 Å². The Kier molecular flexibility index (Phi) is 5.12. The number of aliphatic hydroxyl groups is 2. The minimum absolute atomic E-state index is 0.0859. The molecular weight excluding hydrogens is 348 g/mol. The van der Waals surface area contributed by atoms with Crippen molar-refractivity contribution in [2.75, 3.05) is 12.3 Å². The van der Waals surface area contributed by atoms with Crippen LogP contribution in [0.3, 0.4) is 0 Å². The van der Waals surface area contributed by atoms with Crippen molar-refractivity contribution in [3.63, 3.8) is 0 Å². The van der Waals surface area contributed by atoms with Crippen molar-refractivity contribution in [3.8, 4) is 0 Å². The fourth-order valence-electron chi connectivity index (χ4n) is 2.77. The molecule has 1 saturated heterocycles. The molecule has 0 saturated carbocycles. The van der Waals surface area contributed by atoms with Gasteiger partial charge in [0.05, 0.1) is 24.7 Å². The summed E-state index contributed by atoms with van der Waals surface area (Å²) in [6, 6.07) is 7.32. The van der Waals surface area contributed by atoms with Crippen LogP contribution >= 0.6 is 11.6 Å². The second kappa shape index (κ2) is 7.30. The largest absolute Gasteiger partial charge is 0.388 e. The summed E-state index contributed by atoms with van der Waals surface area (Å²) in [4.78, 5) is 6.91. The number of imidazole rings is 1. The Morgan fingerprint density at radius 1 is 1.32 bits per heavy atom. The number of azide groups is 1. The van der Waals surface area contributed by atoms with E-state index in [4.69, 9.17) is 27.6 Å². The first-order chi connectivity index (χ1) is 12.0. The van der Waals surface area contributed by atoms with Crippen molar-refractivity contribution >= 4 is 17.4 Å². The maximum Gasteiger partial charge on any atom is 0.165 e. The van der Waals surface area contributed by atoms with Gasteiger partial charge >= 0.3 is 0 Å². The Hall–Kier alpha value is -2.29. The zero-order chi connectivity index (χ0) is 18.0. The van der Waals surface area contributed by atoms with Gasteiger partial charge in [-0.2, -0.15) is 0 Å². The molecule has 0 amide bonds. The van der Waals surface area contributed by atoms with Gasteiger partial charge in [0, 0.05) is 16.4 Å². The Morgan fingerprint density at radius 3 is 2.72 bits per heavy atom. The topological polar surface area (TPSA) is 142 Å². The van der Waals surface area contributed by atoms with Gasteiger partial charge in [-0.15, -0.1) is 0 Å². The van der Waals surface area contributed by atoms with E-state index in [2.05, 4.69) is 15.0 Å². The monoisotopic (exact) mass is 364 g/mol. The zero-order valence-corrected chi connectivity index (χ0v) is 13.9. The summed E-state index contributed by atoms with van der Waals surface area (Å²) in [5.74, 6) is 0.329. The number of halogens is 1. The molecule has 0 unspecified atom stereocenters. The molecule has 4 atom stereocenters. The Labute approximate surface area is 148 Å². The molecular formula is C15H17ClN6O3. The predicted molar refractivity (Wildman–Crippen MR) is 90.8 cm³/mol. The number of anilines is 1. The molecule has 0 radical (unpaired) electrons.